The molecule has 0 fully saturated rings. The molecule has 1 aliphatic rings. The molecule has 0 aromatic carbocycles. The topological polar surface area (TPSA) is 87.0 Å². The molecule has 1 rings (SSSR count). The van der Waals surface area contributed by atoms with Gasteiger partial charge in [0.2, 0.25) is 5.76 Å². The molecule has 0 aromatic rings. The van der Waals surface area contributed by atoms with Gasteiger partial charge >= 0.3 is 5.97 Å². The Hall–Kier alpha value is -1.23. The molecule has 5 heteroatoms. The van der Waals surface area contributed by atoms with Gasteiger partial charge in [0.25, 0.3) is 0 Å². The SMILES string of the molecule is CC1OC(C(=O)O)=C(O)C(O)C1C. The van der Waals surface area contributed by atoms with E-state index in [0.29, 0.717) is 0 Å². The van der Waals surface area contributed by atoms with E-state index < -0.39 is 29.7 Å². The summed E-state index contributed by atoms with van der Waals surface area (Å²) in [6, 6.07) is 0. The molecule has 0 spiro atoms. The number of carbonyl (C=O) groups is 1. The van der Waals surface area contributed by atoms with E-state index >= 15 is 0 Å². The Morgan fingerprint density at radius 3 is 2.46 bits per heavy atom. The van der Waals surface area contributed by atoms with E-state index in [1.807, 2.05) is 0 Å². The maximum absolute atomic E-state index is 10.5. The van der Waals surface area contributed by atoms with E-state index in [4.69, 9.17) is 9.84 Å². The van der Waals surface area contributed by atoms with Gasteiger partial charge < -0.3 is 20.1 Å². The van der Waals surface area contributed by atoms with Crippen LogP contribution in [0.4, 0.5) is 0 Å². The van der Waals surface area contributed by atoms with Crippen molar-refractivity contribution in [3.05, 3.63) is 11.5 Å². The van der Waals surface area contributed by atoms with Crippen molar-refractivity contribution < 1.29 is 24.9 Å². The molecule has 0 saturated heterocycles. The summed E-state index contributed by atoms with van der Waals surface area (Å²) < 4.78 is 4.91. The molecule has 0 aliphatic carbocycles. The summed E-state index contributed by atoms with van der Waals surface area (Å²) in [5.74, 6) is -2.84. The third-order valence-electron chi connectivity index (χ3n) is 2.25. The fourth-order valence-electron chi connectivity index (χ4n) is 1.15. The van der Waals surface area contributed by atoms with Crippen molar-refractivity contribution in [2.24, 2.45) is 5.92 Å². The molecular weight excluding hydrogens is 176 g/mol. The summed E-state index contributed by atoms with van der Waals surface area (Å²) in [6.07, 6.45) is -1.58. The summed E-state index contributed by atoms with van der Waals surface area (Å²) in [6.45, 7) is 3.31. The van der Waals surface area contributed by atoms with Crippen LogP contribution >= 0.6 is 0 Å². The summed E-state index contributed by atoms with van der Waals surface area (Å²) in [4.78, 5) is 10.5. The highest BCUT2D eigenvalue weighted by Gasteiger charge is 2.36. The average Bonchev–Trinajstić information content (AvgIpc) is 2.07. The molecule has 3 unspecified atom stereocenters. The van der Waals surface area contributed by atoms with Crippen LogP contribution in [0, 0.1) is 5.92 Å². The van der Waals surface area contributed by atoms with Gasteiger partial charge in [0.1, 0.15) is 12.2 Å². The molecule has 0 aromatic heterocycles. The number of hydrogen-bond donors (Lipinski definition) is 3. The normalized spacial score (nSPS) is 34.2. The third kappa shape index (κ3) is 1.60. The van der Waals surface area contributed by atoms with Crippen molar-refractivity contribution in [1.82, 2.24) is 0 Å². The van der Waals surface area contributed by atoms with E-state index in [-0.39, 0.29) is 5.92 Å². The van der Waals surface area contributed by atoms with Crippen LogP contribution < -0.4 is 0 Å². The van der Waals surface area contributed by atoms with Crippen LogP contribution in [-0.2, 0) is 9.53 Å². The molecule has 5 nitrogen and oxygen atoms in total. The fourth-order valence-corrected chi connectivity index (χ4v) is 1.15. The highest BCUT2D eigenvalue weighted by Crippen LogP contribution is 2.27. The second kappa shape index (κ2) is 3.26. The van der Waals surface area contributed by atoms with Gasteiger partial charge in [-0.15, -0.1) is 0 Å². The monoisotopic (exact) mass is 188 g/mol. The van der Waals surface area contributed by atoms with E-state index in [0.717, 1.165) is 0 Å². The lowest BCUT2D eigenvalue weighted by molar-refractivity contribution is -0.141. The second-order valence-corrected chi connectivity index (χ2v) is 3.15. The number of ether oxygens (including phenoxy) is 1. The first-order valence-corrected chi connectivity index (χ1v) is 3.96. The Morgan fingerprint density at radius 1 is 1.46 bits per heavy atom. The van der Waals surface area contributed by atoms with Crippen LogP contribution in [-0.4, -0.2) is 33.5 Å². The molecule has 1 aliphatic heterocycles. The molecule has 0 radical (unpaired) electrons. The van der Waals surface area contributed by atoms with Crippen molar-refractivity contribution in [2.75, 3.05) is 0 Å². The summed E-state index contributed by atoms with van der Waals surface area (Å²) in [7, 11) is 0. The lowest BCUT2D eigenvalue weighted by Crippen LogP contribution is -2.38. The highest BCUT2D eigenvalue weighted by atomic mass is 16.5. The standard InChI is InChI=1S/C8H12O5/c1-3-4(2)13-7(8(11)12)6(10)5(3)9/h3-5,9-10H,1-2H3,(H,11,12). The highest BCUT2D eigenvalue weighted by molar-refractivity contribution is 5.85. The maximum Gasteiger partial charge on any atom is 0.374 e. The number of carboxylic acids is 1. The van der Waals surface area contributed by atoms with Crippen molar-refractivity contribution in [3.63, 3.8) is 0 Å². The van der Waals surface area contributed by atoms with E-state index in [1.54, 1.807) is 13.8 Å². The Bertz CT molecular complexity index is 257. The van der Waals surface area contributed by atoms with Crippen molar-refractivity contribution in [2.45, 2.75) is 26.1 Å². The minimum absolute atomic E-state index is 0.317. The molecular formula is C8H12O5. The molecule has 3 N–H and O–H groups in total. The van der Waals surface area contributed by atoms with Crippen LogP contribution in [0.25, 0.3) is 0 Å². The van der Waals surface area contributed by atoms with Gasteiger partial charge in [0.05, 0.1) is 0 Å². The maximum atomic E-state index is 10.5. The molecule has 0 amide bonds. The predicted octanol–water partition coefficient (Wildman–Crippen LogP) is 0.256. The van der Waals surface area contributed by atoms with E-state index in [1.165, 1.54) is 0 Å². The number of aliphatic carboxylic acids is 1. The van der Waals surface area contributed by atoms with Crippen molar-refractivity contribution in [1.29, 1.82) is 0 Å². The first-order chi connectivity index (χ1) is 5.95. The minimum atomic E-state index is -1.37. The van der Waals surface area contributed by atoms with Crippen molar-refractivity contribution >= 4 is 5.97 Å². The number of carboxylic acid groups (broad SMARTS) is 1. The lowest BCUT2D eigenvalue weighted by atomic mass is 9.94. The van der Waals surface area contributed by atoms with Gasteiger partial charge in [0.15, 0.2) is 5.76 Å². The van der Waals surface area contributed by atoms with E-state index in [2.05, 4.69) is 0 Å². The summed E-state index contributed by atoms with van der Waals surface area (Å²) in [5, 5.41) is 27.2. The molecule has 0 bridgehead atoms. The van der Waals surface area contributed by atoms with Crippen LogP contribution in [0.15, 0.2) is 11.5 Å². The second-order valence-electron chi connectivity index (χ2n) is 3.15. The molecule has 1 heterocycles. The third-order valence-corrected chi connectivity index (χ3v) is 2.25. The van der Waals surface area contributed by atoms with Gasteiger partial charge in [-0.1, -0.05) is 6.92 Å². The molecule has 0 saturated carbocycles. The molecule has 13 heavy (non-hydrogen) atoms. The fraction of sp³-hybridized carbons (Fsp3) is 0.625. The summed E-state index contributed by atoms with van der Waals surface area (Å²) >= 11 is 0. The van der Waals surface area contributed by atoms with Gasteiger partial charge in [-0.2, -0.15) is 0 Å². The Kier molecular flexibility index (Phi) is 2.47. The smallest absolute Gasteiger partial charge is 0.374 e. The van der Waals surface area contributed by atoms with Gasteiger partial charge in [-0.25, -0.2) is 4.79 Å². The van der Waals surface area contributed by atoms with Crippen LogP contribution in [0.3, 0.4) is 0 Å². The number of hydrogen-bond acceptors (Lipinski definition) is 4. The zero-order valence-electron chi connectivity index (χ0n) is 7.39. The number of aliphatic hydroxyl groups is 2. The Balaban J connectivity index is 3.01. The zero-order chi connectivity index (χ0) is 10.2. The van der Waals surface area contributed by atoms with E-state index in [9.17, 15) is 15.0 Å². The molecule has 74 valence electrons. The molecule has 3 atom stereocenters. The van der Waals surface area contributed by atoms with Crippen molar-refractivity contribution in [3.8, 4) is 0 Å². The Labute approximate surface area is 75.3 Å². The first kappa shape index (κ1) is 9.85. The zero-order valence-corrected chi connectivity index (χ0v) is 7.39. The lowest BCUT2D eigenvalue weighted by Gasteiger charge is -2.31. The summed E-state index contributed by atoms with van der Waals surface area (Å²) in [5.41, 5.74) is 0. The van der Waals surface area contributed by atoms with Gasteiger partial charge in [-0.3, -0.25) is 0 Å². The van der Waals surface area contributed by atoms with Crippen LogP contribution in [0.5, 0.6) is 0 Å². The predicted molar refractivity (Wildman–Crippen MR) is 43.0 cm³/mol. The average molecular weight is 188 g/mol. The van der Waals surface area contributed by atoms with Gasteiger partial charge in [-0.05, 0) is 6.92 Å². The van der Waals surface area contributed by atoms with Crippen LogP contribution in [0.2, 0.25) is 0 Å². The quantitative estimate of drug-likeness (QED) is 0.549. The minimum Gasteiger partial charge on any atom is -0.506 e. The number of aliphatic hydroxyl groups excluding tert-OH is 2. The largest absolute Gasteiger partial charge is 0.506 e. The van der Waals surface area contributed by atoms with Gasteiger partial charge in [0, 0.05) is 5.92 Å². The Morgan fingerprint density at radius 2 is 2.00 bits per heavy atom. The van der Waals surface area contributed by atoms with Crippen LogP contribution in [0.1, 0.15) is 13.8 Å². The first-order valence-electron chi connectivity index (χ1n) is 3.96. The number of rotatable bonds is 1.